The van der Waals surface area contributed by atoms with Crippen molar-refractivity contribution in [3.8, 4) is 5.75 Å². The molecule has 24 heavy (non-hydrogen) atoms. The number of amides is 1. The average Bonchev–Trinajstić information content (AvgIpc) is 3.06. The Morgan fingerprint density at radius 1 is 1.33 bits per heavy atom. The first-order valence-electron chi connectivity index (χ1n) is 7.58. The van der Waals surface area contributed by atoms with E-state index >= 15 is 0 Å². The monoisotopic (exact) mass is 349 g/mol. The van der Waals surface area contributed by atoms with Gasteiger partial charge in [0.15, 0.2) is 23.0 Å². The quantitative estimate of drug-likeness (QED) is 0.829. The molecule has 1 fully saturated rings. The lowest BCUT2D eigenvalue weighted by Gasteiger charge is -2.26. The summed E-state index contributed by atoms with van der Waals surface area (Å²) < 4.78 is 13.6. The van der Waals surface area contributed by atoms with Crippen LogP contribution >= 0.6 is 11.3 Å². The van der Waals surface area contributed by atoms with E-state index in [1.807, 2.05) is 0 Å². The van der Waals surface area contributed by atoms with Gasteiger partial charge in [-0.2, -0.15) is 0 Å². The van der Waals surface area contributed by atoms with Gasteiger partial charge in [0.2, 0.25) is 0 Å². The maximum absolute atomic E-state index is 13.6. The molecule has 1 aliphatic heterocycles. The van der Waals surface area contributed by atoms with Gasteiger partial charge in [0.05, 0.1) is 11.8 Å². The van der Waals surface area contributed by atoms with Crippen molar-refractivity contribution < 1.29 is 19.1 Å². The third kappa shape index (κ3) is 3.38. The Hall–Kier alpha value is -2.48. The summed E-state index contributed by atoms with van der Waals surface area (Å²) in [7, 11) is 0. The number of hydrogen-bond donors (Lipinski definition) is 2. The number of thiazole rings is 1. The Balaban J connectivity index is 1.74. The molecule has 2 aromatic rings. The first-order valence-corrected chi connectivity index (χ1v) is 8.40. The topological polar surface area (TPSA) is 82.5 Å². The van der Waals surface area contributed by atoms with Crippen molar-refractivity contribution in [2.75, 3.05) is 23.3 Å². The van der Waals surface area contributed by atoms with E-state index in [9.17, 15) is 19.1 Å². The fourth-order valence-corrected chi connectivity index (χ4v) is 3.46. The second-order valence-electron chi connectivity index (χ2n) is 5.52. The van der Waals surface area contributed by atoms with Crippen LogP contribution in [-0.4, -0.2) is 35.4 Å². The van der Waals surface area contributed by atoms with Crippen LogP contribution in [0, 0.1) is 5.82 Å². The third-order valence-corrected chi connectivity index (χ3v) is 4.84. The van der Waals surface area contributed by atoms with E-state index in [1.165, 1.54) is 17.8 Å². The number of anilines is 2. The summed E-state index contributed by atoms with van der Waals surface area (Å²) in [6.07, 6.45) is 5.51. The first kappa shape index (κ1) is 16.4. The molecule has 0 unspecified atom stereocenters. The van der Waals surface area contributed by atoms with E-state index < -0.39 is 17.5 Å². The molecule has 0 atom stereocenters. The molecule has 1 amide bonds. The van der Waals surface area contributed by atoms with Gasteiger partial charge < -0.3 is 10.0 Å². The summed E-state index contributed by atoms with van der Waals surface area (Å²) in [5.74, 6) is -2.36. The number of hydrogen-bond acceptors (Lipinski definition) is 6. The number of aldehydes is 1. The molecule has 1 aromatic heterocycles. The molecular weight excluding hydrogens is 333 g/mol. The molecule has 0 radical (unpaired) electrons. The van der Waals surface area contributed by atoms with Gasteiger partial charge in [-0.25, -0.2) is 9.37 Å². The zero-order valence-corrected chi connectivity index (χ0v) is 13.6. The van der Waals surface area contributed by atoms with E-state index in [-0.39, 0.29) is 11.1 Å². The second kappa shape index (κ2) is 6.96. The van der Waals surface area contributed by atoms with Gasteiger partial charge in [0, 0.05) is 18.7 Å². The summed E-state index contributed by atoms with van der Waals surface area (Å²) >= 11 is 1.35. The zero-order chi connectivity index (χ0) is 17.1. The van der Waals surface area contributed by atoms with Crippen molar-refractivity contribution in [3.63, 3.8) is 0 Å². The highest BCUT2D eigenvalue weighted by atomic mass is 32.1. The highest BCUT2D eigenvalue weighted by Gasteiger charge is 2.17. The molecule has 3 rings (SSSR count). The molecule has 8 heteroatoms. The minimum atomic E-state index is -1.02. The highest BCUT2D eigenvalue weighted by Crippen LogP contribution is 2.30. The number of carbonyl (C=O) groups excluding carboxylic acids is 2. The smallest absolute Gasteiger partial charge is 0.257 e. The SMILES string of the molecule is O=Cc1cc(C(=O)Nc2ncc(N3CCCCC3)s2)cc(F)c1O. The normalized spacial score (nSPS) is 14.5. The van der Waals surface area contributed by atoms with Crippen LogP contribution < -0.4 is 10.2 Å². The fourth-order valence-electron chi connectivity index (χ4n) is 2.59. The summed E-state index contributed by atoms with van der Waals surface area (Å²) in [4.78, 5) is 29.4. The fraction of sp³-hybridized carbons (Fsp3) is 0.312. The molecule has 2 heterocycles. The van der Waals surface area contributed by atoms with Gasteiger partial charge in [-0.05, 0) is 31.4 Å². The van der Waals surface area contributed by atoms with Crippen LogP contribution in [0.15, 0.2) is 18.3 Å². The van der Waals surface area contributed by atoms with Crippen LogP contribution in [0.2, 0.25) is 0 Å². The van der Waals surface area contributed by atoms with Gasteiger partial charge >= 0.3 is 0 Å². The number of phenolic OH excluding ortho intramolecular Hbond substituents is 1. The molecular formula is C16H16FN3O3S. The highest BCUT2D eigenvalue weighted by molar-refractivity contribution is 7.19. The summed E-state index contributed by atoms with van der Waals surface area (Å²) in [6, 6.07) is 2.02. The maximum atomic E-state index is 13.6. The van der Waals surface area contributed by atoms with E-state index in [4.69, 9.17) is 0 Å². The lowest BCUT2D eigenvalue weighted by molar-refractivity contribution is 0.102. The zero-order valence-electron chi connectivity index (χ0n) is 12.8. The predicted molar refractivity (Wildman–Crippen MR) is 89.6 cm³/mol. The molecule has 0 bridgehead atoms. The van der Waals surface area contributed by atoms with Crippen molar-refractivity contribution in [2.45, 2.75) is 19.3 Å². The Morgan fingerprint density at radius 2 is 2.08 bits per heavy atom. The Bertz CT molecular complexity index is 772. The molecule has 1 aliphatic rings. The van der Waals surface area contributed by atoms with Crippen LogP contribution in [0.1, 0.15) is 40.0 Å². The number of nitrogens with one attached hydrogen (secondary N) is 1. The molecule has 0 spiro atoms. The number of rotatable bonds is 4. The standard InChI is InChI=1S/C16H16FN3O3S/c17-12-7-10(6-11(9-21)14(12)22)15(23)19-16-18-8-13(24-16)20-4-2-1-3-5-20/h6-9,22H,1-5H2,(H,18,19,23). The number of piperidine rings is 1. The van der Waals surface area contributed by atoms with Crippen LogP contribution in [-0.2, 0) is 0 Å². The number of aromatic hydroxyl groups is 1. The van der Waals surface area contributed by atoms with Crippen LogP contribution in [0.4, 0.5) is 14.5 Å². The number of halogens is 1. The van der Waals surface area contributed by atoms with Gasteiger partial charge in [0.25, 0.3) is 5.91 Å². The largest absolute Gasteiger partial charge is 0.504 e. The van der Waals surface area contributed by atoms with Gasteiger partial charge in [-0.15, -0.1) is 0 Å². The number of nitrogens with zero attached hydrogens (tertiary/aromatic N) is 2. The molecule has 1 aromatic carbocycles. The number of carbonyl (C=O) groups is 2. The van der Waals surface area contributed by atoms with E-state index in [0.717, 1.165) is 43.1 Å². The van der Waals surface area contributed by atoms with Crippen molar-refractivity contribution in [3.05, 3.63) is 35.3 Å². The molecule has 6 nitrogen and oxygen atoms in total. The molecule has 0 saturated carbocycles. The van der Waals surface area contributed by atoms with Crippen LogP contribution in [0.5, 0.6) is 5.75 Å². The summed E-state index contributed by atoms with van der Waals surface area (Å²) in [5, 5.41) is 13.4. The van der Waals surface area contributed by atoms with E-state index in [0.29, 0.717) is 11.4 Å². The predicted octanol–water partition coefficient (Wildman–Crippen LogP) is 3.04. The molecule has 126 valence electrons. The van der Waals surface area contributed by atoms with E-state index in [2.05, 4.69) is 15.2 Å². The maximum Gasteiger partial charge on any atom is 0.257 e. The molecule has 1 saturated heterocycles. The first-order chi connectivity index (χ1) is 11.6. The molecule has 2 N–H and O–H groups in total. The number of aromatic nitrogens is 1. The van der Waals surface area contributed by atoms with Crippen LogP contribution in [0.25, 0.3) is 0 Å². The minimum absolute atomic E-state index is 0.0536. The summed E-state index contributed by atoms with van der Waals surface area (Å²) in [6.45, 7) is 1.95. The minimum Gasteiger partial charge on any atom is -0.504 e. The Labute approximate surface area is 141 Å². The van der Waals surface area contributed by atoms with Crippen molar-refractivity contribution in [1.29, 1.82) is 0 Å². The van der Waals surface area contributed by atoms with Crippen molar-refractivity contribution in [2.24, 2.45) is 0 Å². The second-order valence-corrected chi connectivity index (χ2v) is 6.53. The van der Waals surface area contributed by atoms with E-state index in [1.54, 1.807) is 6.20 Å². The number of benzene rings is 1. The number of phenols is 1. The van der Waals surface area contributed by atoms with Crippen molar-refractivity contribution in [1.82, 2.24) is 4.98 Å². The lowest BCUT2D eigenvalue weighted by Crippen LogP contribution is -2.28. The van der Waals surface area contributed by atoms with Gasteiger partial charge in [0.1, 0.15) is 5.00 Å². The lowest BCUT2D eigenvalue weighted by atomic mass is 10.1. The summed E-state index contributed by atoms with van der Waals surface area (Å²) in [5.41, 5.74) is -0.324. The van der Waals surface area contributed by atoms with Crippen molar-refractivity contribution >= 4 is 33.7 Å². The third-order valence-electron chi connectivity index (χ3n) is 3.86. The Morgan fingerprint density at radius 3 is 2.79 bits per heavy atom. The van der Waals surface area contributed by atoms with Gasteiger partial charge in [-0.1, -0.05) is 11.3 Å². The van der Waals surface area contributed by atoms with Crippen LogP contribution in [0.3, 0.4) is 0 Å². The van der Waals surface area contributed by atoms with Gasteiger partial charge in [-0.3, -0.25) is 14.9 Å². The average molecular weight is 349 g/mol. The molecule has 0 aliphatic carbocycles. The Kier molecular flexibility index (Phi) is 4.75.